The molecule has 1 rings (SSSR count). The molecule has 7 heteroatoms. The molecule has 0 atom stereocenters. The van der Waals surface area contributed by atoms with E-state index in [9.17, 15) is 12.9 Å². The molecule has 0 fully saturated rings. The summed E-state index contributed by atoms with van der Waals surface area (Å²) < 4.78 is 47.7. The topological polar surface area (TPSA) is 31.4 Å². The van der Waals surface area contributed by atoms with Crippen LogP contribution in [0.15, 0.2) is 18.5 Å². The summed E-state index contributed by atoms with van der Waals surface area (Å²) in [5.41, 5.74) is -0.751. The second-order valence-corrected chi connectivity index (χ2v) is 3.84. The van der Waals surface area contributed by atoms with Crippen LogP contribution in [0.2, 0.25) is 0 Å². The van der Waals surface area contributed by atoms with Crippen molar-refractivity contribution in [1.29, 1.82) is 0 Å². The molecule has 0 N–H and O–H groups in total. The van der Waals surface area contributed by atoms with Crippen LogP contribution in [-0.4, -0.2) is 31.8 Å². The number of pyridine rings is 1. The molecular weight excluding hydrogens is 246 g/mol. The number of hydrogen-bond acceptors (Lipinski definition) is 3. The lowest BCUT2D eigenvalue weighted by Crippen LogP contribution is -2.34. The van der Waals surface area contributed by atoms with Crippen LogP contribution in [-0.2, 0) is 4.74 Å². The summed E-state index contributed by atoms with van der Waals surface area (Å²) in [4.78, 5) is 3.51. The third-order valence-corrected chi connectivity index (χ3v) is 2.25. The van der Waals surface area contributed by atoms with E-state index >= 15 is 0 Å². The maximum atomic E-state index is 12.4. The summed E-state index contributed by atoms with van der Waals surface area (Å²) in [6, 6.07) is 0.957. The van der Waals surface area contributed by atoms with Crippen molar-refractivity contribution in [2.75, 3.05) is 19.8 Å². The largest absolute Gasteiger partial charge is 0.511 e. The van der Waals surface area contributed by atoms with Gasteiger partial charge in [0.1, 0.15) is 12.4 Å². The maximum Gasteiger partial charge on any atom is 0.511 e. The molecule has 0 unspecified atom stereocenters. The van der Waals surface area contributed by atoms with Crippen molar-refractivity contribution in [2.24, 2.45) is 0 Å². The highest BCUT2D eigenvalue weighted by atomic mass is 19.4. The number of ether oxygens (including phenoxy) is 2. The van der Waals surface area contributed by atoms with Gasteiger partial charge in [0.05, 0.1) is 12.8 Å². The minimum absolute atomic E-state index is 0.116. The van der Waals surface area contributed by atoms with Gasteiger partial charge in [-0.15, -0.1) is 0 Å². The van der Waals surface area contributed by atoms with Crippen molar-refractivity contribution in [1.82, 2.24) is 4.98 Å². The standard InChI is InChI=1S/C11H16BF3NO2/c1-2-3-4-17-5-6-18-11-7-10(8-16-9-11)12(13,14)15/h7-9H,2-6H2,1H3/q-1. The van der Waals surface area contributed by atoms with Gasteiger partial charge in [0, 0.05) is 12.8 Å². The van der Waals surface area contributed by atoms with Crippen LogP contribution < -0.4 is 10.2 Å². The van der Waals surface area contributed by atoms with E-state index < -0.39 is 12.4 Å². The van der Waals surface area contributed by atoms with Gasteiger partial charge in [0.15, 0.2) is 0 Å². The number of nitrogens with zero attached hydrogens (tertiary/aromatic N) is 1. The second-order valence-electron chi connectivity index (χ2n) is 3.84. The number of hydrogen-bond donors (Lipinski definition) is 0. The van der Waals surface area contributed by atoms with E-state index in [0.29, 0.717) is 13.2 Å². The second kappa shape index (κ2) is 7.26. The summed E-state index contributed by atoms with van der Waals surface area (Å²) in [5.74, 6) is 0.116. The quantitative estimate of drug-likeness (QED) is 0.532. The molecule has 0 saturated carbocycles. The van der Waals surface area contributed by atoms with Crippen LogP contribution >= 0.6 is 0 Å². The van der Waals surface area contributed by atoms with E-state index in [-0.39, 0.29) is 12.4 Å². The zero-order valence-electron chi connectivity index (χ0n) is 10.2. The Labute approximate surface area is 104 Å². The fourth-order valence-corrected chi connectivity index (χ4v) is 1.26. The van der Waals surface area contributed by atoms with Gasteiger partial charge in [-0.2, -0.15) is 0 Å². The van der Waals surface area contributed by atoms with Gasteiger partial charge in [-0.05, 0) is 12.5 Å². The van der Waals surface area contributed by atoms with E-state index in [1.165, 1.54) is 6.20 Å². The van der Waals surface area contributed by atoms with Gasteiger partial charge >= 0.3 is 6.98 Å². The molecule has 1 aromatic heterocycles. The molecule has 0 aromatic carbocycles. The SMILES string of the molecule is CCCCOCCOc1cncc([B-](F)(F)F)c1. The van der Waals surface area contributed by atoms with Crippen molar-refractivity contribution < 1.29 is 22.4 Å². The Balaban J connectivity index is 2.34. The van der Waals surface area contributed by atoms with Crippen molar-refractivity contribution in [3.8, 4) is 5.75 Å². The summed E-state index contributed by atoms with van der Waals surface area (Å²) in [6.45, 7) is -1.75. The molecule has 0 spiro atoms. The number of aromatic nitrogens is 1. The summed E-state index contributed by atoms with van der Waals surface area (Å²) in [7, 11) is 0. The smallest absolute Gasteiger partial charge is 0.490 e. The molecular formula is C11H16BF3NO2-. The predicted molar refractivity (Wildman–Crippen MR) is 64.2 cm³/mol. The Morgan fingerprint density at radius 3 is 2.61 bits per heavy atom. The van der Waals surface area contributed by atoms with E-state index in [1.807, 2.05) is 0 Å². The maximum absolute atomic E-state index is 12.4. The average molecular weight is 262 g/mol. The molecule has 0 saturated heterocycles. The average Bonchev–Trinajstić information content (AvgIpc) is 2.33. The van der Waals surface area contributed by atoms with E-state index in [2.05, 4.69) is 11.9 Å². The molecule has 0 amide bonds. The minimum Gasteiger partial charge on any atom is -0.490 e. The number of halogens is 3. The first-order chi connectivity index (χ1) is 8.54. The fraction of sp³-hybridized carbons (Fsp3) is 0.545. The van der Waals surface area contributed by atoms with E-state index in [1.54, 1.807) is 0 Å². The molecule has 1 aromatic rings. The van der Waals surface area contributed by atoms with Gasteiger partial charge in [0.2, 0.25) is 0 Å². The molecule has 0 aliphatic heterocycles. The molecule has 102 valence electrons. The molecule has 0 bridgehead atoms. The first kappa shape index (κ1) is 14.8. The summed E-state index contributed by atoms with van der Waals surface area (Å²) in [6.07, 6.45) is 4.07. The monoisotopic (exact) mass is 262 g/mol. The van der Waals surface area contributed by atoms with Gasteiger partial charge in [-0.25, -0.2) is 0 Å². The third kappa shape index (κ3) is 5.40. The van der Waals surface area contributed by atoms with Crippen LogP contribution in [0.3, 0.4) is 0 Å². The Kier molecular flexibility index (Phi) is 5.98. The minimum atomic E-state index is -5.03. The first-order valence-corrected chi connectivity index (χ1v) is 5.89. The molecule has 0 aliphatic rings. The lowest BCUT2D eigenvalue weighted by Gasteiger charge is -2.15. The summed E-state index contributed by atoms with van der Waals surface area (Å²) >= 11 is 0. The molecule has 0 radical (unpaired) electrons. The molecule has 18 heavy (non-hydrogen) atoms. The van der Waals surface area contributed by atoms with Crippen molar-refractivity contribution >= 4 is 12.4 Å². The van der Waals surface area contributed by atoms with Crippen LogP contribution in [0.1, 0.15) is 19.8 Å². The number of unbranched alkanes of at least 4 members (excludes halogenated alkanes) is 1. The van der Waals surface area contributed by atoms with Crippen molar-refractivity contribution in [2.45, 2.75) is 19.8 Å². The highest BCUT2D eigenvalue weighted by molar-refractivity contribution is 6.73. The van der Waals surface area contributed by atoms with Crippen LogP contribution in [0.5, 0.6) is 5.75 Å². The Hall–Kier alpha value is -1.24. The van der Waals surface area contributed by atoms with Gasteiger partial charge in [-0.1, -0.05) is 18.8 Å². The van der Waals surface area contributed by atoms with Crippen molar-refractivity contribution in [3.05, 3.63) is 18.5 Å². The molecule has 1 heterocycles. The molecule has 0 aliphatic carbocycles. The van der Waals surface area contributed by atoms with E-state index in [4.69, 9.17) is 9.47 Å². The predicted octanol–water partition coefficient (Wildman–Crippen LogP) is 2.33. The van der Waals surface area contributed by atoms with Crippen LogP contribution in [0, 0.1) is 0 Å². The molecule has 3 nitrogen and oxygen atoms in total. The third-order valence-electron chi connectivity index (χ3n) is 2.25. The summed E-state index contributed by atoms with van der Waals surface area (Å²) in [5, 5.41) is 0. The van der Waals surface area contributed by atoms with Crippen molar-refractivity contribution in [3.63, 3.8) is 0 Å². The Morgan fingerprint density at radius 2 is 1.94 bits per heavy atom. The zero-order valence-corrected chi connectivity index (χ0v) is 10.2. The van der Waals surface area contributed by atoms with Gasteiger partial charge in [0.25, 0.3) is 0 Å². The Bertz CT molecular complexity index is 360. The normalized spacial score (nSPS) is 11.6. The first-order valence-electron chi connectivity index (χ1n) is 5.89. The lowest BCUT2D eigenvalue weighted by molar-refractivity contribution is 0.0979. The van der Waals surface area contributed by atoms with Gasteiger partial charge < -0.3 is 22.4 Å². The highest BCUT2D eigenvalue weighted by Gasteiger charge is 2.26. The van der Waals surface area contributed by atoms with Crippen LogP contribution in [0.25, 0.3) is 0 Å². The fourth-order valence-electron chi connectivity index (χ4n) is 1.26. The van der Waals surface area contributed by atoms with E-state index in [0.717, 1.165) is 25.1 Å². The van der Waals surface area contributed by atoms with Gasteiger partial charge in [-0.3, -0.25) is 4.98 Å². The number of rotatable bonds is 8. The zero-order chi connectivity index (χ0) is 13.4. The Morgan fingerprint density at radius 1 is 1.17 bits per heavy atom. The van der Waals surface area contributed by atoms with Crippen LogP contribution in [0.4, 0.5) is 12.9 Å². The lowest BCUT2D eigenvalue weighted by atomic mass is 9.81. The highest BCUT2D eigenvalue weighted by Crippen LogP contribution is 2.12.